The van der Waals surface area contributed by atoms with Gasteiger partial charge in [0.15, 0.2) is 5.76 Å². The number of benzene rings is 3. The van der Waals surface area contributed by atoms with E-state index in [4.69, 9.17) is 18.6 Å². The first-order valence-electron chi connectivity index (χ1n) is 9.94. The zero-order valence-electron chi connectivity index (χ0n) is 17.8. The molecule has 0 bridgehead atoms. The lowest BCUT2D eigenvalue weighted by Crippen LogP contribution is -2.14. The number of para-hydroxylation sites is 1. The molecule has 6 nitrogen and oxygen atoms in total. The summed E-state index contributed by atoms with van der Waals surface area (Å²) in [5.74, 6) is 0.576. The third kappa shape index (κ3) is 4.83. The minimum atomic E-state index is -0.706. The molecule has 0 fully saturated rings. The van der Waals surface area contributed by atoms with Crippen LogP contribution in [-0.2, 0) is 4.79 Å². The second-order valence-corrected chi connectivity index (χ2v) is 7.82. The molecule has 0 atom stereocenters. The fraction of sp³-hybridized carbons (Fsp3) is 0.0769. The van der Waals surface area contributed by atoms with Gasteiger partial charge in [0.2, 0.25) is 11.2 Å². The summed E-state index contributed by atoms with van der Waals surface area (Å²) in [5.41, 5.74) is 1.27. The van der Waals surface area contributed by atoms with Gasteiger partial charge in [-0.1, -0.05) is 24.3 Å². The van der Waals surface area contributed by atoms with Crippen LogP contribution < -0.4 is 19.6 Å². The fourth-order valence-corrected chi connectivity index (χ4v) is 3.77. The van der Waals surface area contributed by atoms with Gasteiger partial charge >= 0.3 is 5.97 Å². The van der Waals surface area contributed by atoms with Crippen LogP contribution in [0.1, 0.15) is 5.56 Å². The number of ether oxygens (including phenoxy) is 3. The van der Waals surface area contributed by atoms with Crippen LogP contribution in [0.2, 0.25) is 0 Å². The smallest absolute Gasteiger partial charge is 0.336 e. The molecule has 0 N–H and O–H groups in total. The van der Waals surface area contributed by atoms with Crippen molar-refractivity contribution in [3.8, 4) is 28.6 Å². The van der Waals surface area contributed by atoms with Crippen LogP contribution >= 0.6 is 15.9 Å². The Bertz CT molecular complexity index is 1400. The van der Waals surface area contributed by atoms with E-state index in [1.165, 1.54) is 6.08 Å². The molecule has 0 amide bonds. The fourth-order valence-electron chi connectivity index (χ4n) is 3.23. The highest BCUT2D eigenvalue weighted by Crippen LogP contribution is 2.35. The van der Waals surface area contributed by atoms with Crippen molar-refractivity contribution in [2.24, 2.45) is 0 Å². The van der Waals surface area contributed by atoms with Gasteiger partial charge in [-0.15, -0.1) is 0 Å². The summed E-state index contributed by atoms with van der Waals surface area (Å²) >= 11 is 3.44. The number of halogens is 1. The highest BCUT2D eigenvalue weighted by molar-refractivity contribution is 9.10. The SMILES string of the molecule is COc1ccc(C=CC(=O)Oc2c(-c3ccc(OC)c(Br)c3)oc3ccccc3c2=O)cc1. The van der Waals surface area contributed by atoms with Crippen LogP contribution in [0.25, 0.3) is 28.4 Å². The lowest BCUT2D eigenvalue weighted by Gasteiger charge is -2.11. The Hall–Kier alpha value is -3.84. The Labute approximate surface area is 198 Å². The van der Waals surface area contributed by atoms with Crippen molar-refractivity contribution in [1.82, 2.24) is 0 Å². The van der Waals surface area contributed by atoms with E-state index < -0.39 is 11.4 Å². The molecule has 1 heterocycles. The van der Waals surface area contributed by atoms with E-state index in [9.17, 15) is 9.59 Å². The van der Waals surface area contributed by atoms with Gasteiger partial charge < -0.3 is 18.6 Å². The first-order chi connectivity index (χ1) is 16.0. The van der Waals surface area contributed by atoms with Gasteiger partial charge in [-0.2, -0.15) is 0 Å². The maximum Gasteiger partial charge on any atom is 0.336 e. The maximum atomic E-state index is 13.2. The molecule has 4 rings (SSSR count). The summed E-state index contributed by atoms with van der Waals surface area (Å²) in [6.07, 6.45) is 2.85. The number of methoxy groups -OCH3 is 2. The largest absolute Gasteiger partial charge is 0.497 e. The average Bonchev–Trinajstić information content (AvgIpc) is 2.84. The summed E-state index contributed by atoms with van der Waals surface area (Å²) in [6.45, 7) is 0. The molecule has 0 spiro atoms. The van der Waals surface area contributed by atoms with Gasteiger partial charge in [-0.05, 0) is 70.0 Å². The maximum absolute atomic E-state index is 13.2. The van der Waals surface area contributed by atoms with Crippen molar-refractivity contribution < 1.29 is 23.4 Å². The van der Waals surface area contributed by atoms with Gasteiger partial charge in [0.25, 0.3) is 0 Å². The molecule has 33 heavy (non-hydrogen) atoms. The zero-order chi connectivity index (χ0) is 23.4. The lowest BCUT2D eigenvalue weighted by atomic mass is 10.1. The molecular weight excluding hydrogens is 488 g/mol. The number of carbonyl (C=O) groups is 1. The topological polar surface area (TPSA) is 75.0 Å². The summed E-state index contributed by atoms with van der Waals surface area (Å²) in [4.78, 5) is 25.8. The van der Waals surface area contributed by atoms with Crippen molar-refractivity contribution in [3.63, 3.8) is 0 Å². The Morgan fingerprint density at radius 3 is 2.42 bits per heavy atom. The molecule has 0 saturated heterocycles. The summed E-state index contributed by atoms with van der Waals surface area (Å²) < 4.78 is 22.6. The van der Waals surface area contributed by atoms with Crippen molar-refractivity contribution in [3.05, 3.63) is 93.1 Å². The number of hydrogen-bond acceptors (Lipinski definition) is 6. The lowest BCUT2D eigenvalue weighted by molar-refractivity contribution is -0.129. The molecule has 166 valence electrons. The number of hydrogen-bond donors (Lipinski definition) is 0. The number of rotatable bonds is 6. The summed E-state index contributed by atoms with van der Waals surface area (Å²) in [5, 5.41) is 0.316. The van der Waals surface area contributed by atoms with E-state index in [2.05, 4.69) is 15.9 Å². The normalized spacial score (nSPS) is 11.0. The Morgan fingerprint density at radius 2 is 1.73 bits per heavy atom. The molecule has 0 aliphatic rings. The van der Waals surface area contributed by atoms with Crippen LogP contribution in [0, 0.1) is 0 Å². The standard InChI is InChI=1S/C26H19BrO6/c1-30-18-11-7-16(8-12-18)9-14-23(28)33-26-24(29)19-5-3-4-6-21(19)32-25(26)17-10-13-22(31-2)20(27)15-17/h3-15H,1-2H3. The molecular formula is C26H19BrO6. The van der Waals surface area contributed by atoms with Gasteiger partial charge in [-0.3, -0.25) is 4.79 Å². The molecule has 0 radical (unpaired) electrons. The minimum absolute atomic E-state index is 0.147. The van der Waals surface area contributed by atoms with E-state index in [0.717, 1.165) is 5.56 Å². The summed E-state index contributed by atoms with van der Waals surface area (Å²) in [7, 11) is 3.13. The molecule has 0 aliphatic carbocycles. The average molecular weight is 507 g/mol. The molecule has 0 aliphatic heterocycles. The van der Waals surface area contributed by atoms with Crippen molar-refractivity contribution in [2.45, 2.75) is 0 Å². The molecule has 4 aromatic rings. The van der Waals surface area contributed by atoms with Gasteiger partial charge in [0.05, 0.1) is 24.1 Å². The van der Waals surface area contributed by atoms with E-state index in [1.807, 2.05) is 0 Å². The number of carbonyl (C=O) groups excluding carboxylic acids is 1. The second-order valence-electron chi connectivity index (χ2n) is 6.96. The number of fused-ring (bicyclic) bond motifs is 1. The molecule has 7 heteroatoms. The van der Waals surface area contributed by atoms with E-state index >= 15 is 0 Å². The Kier molecular flexibility index (Phi) is 6.60. The van der Waals surface area contributed by atoms with Crippen LogP contribution in [-0.4, -0.2) is 20.2 Å². The molecule has 0 saturated carbocycles. The first-order valence-corrected chi connectivity index (χ1v) is 10.7. The van der Waals surface area contributed by atoms with Crippen LogP contribution in [0.4, 0.5) is 0 Å². The Balaban J connectivity index is 1.73. The van der Waals surface area contributed by atoms with Crippen molar-refractivity contribution in [1.29, 1.82) is 0 Å². The summed E-state index contributed by atoms with van der Waals surface area (Å²) in [6, 6.07) is 19.1. The monoisotopic (exact) mass is 506 g/mol. The molecule has 0 unspecified atom stereocenters. The predicted octanol–water partition coefficient (Wildman–Crippen LogP) is 5.86. The van der Waals surface area contributed by atoms with Crippen LogP contribution in [0.3, 0.4) is 0 Å². The molecule has 1 aromatic heterocycles. The van der Waals surface area contributed by atoms with E-state index in [-0.39, 0.29) is 11.5 Å². The third-order valence-electron chi connectivity index (χ3n) is 4.90. The number of esters is 1. The van der Waals surface area contributed by atoms with Crippen LogP contribution in [0.15, 0.2) is 86.5 Å². The van der Waals surface area contributed by atoms with Gasteiger partial charge in [0.1, 0.15) is 17.1 Å². The predicted molar refractivity (Wildman–Crippen MR) is 130 cm³/mol. The second kappa shape index (κ2) is 9.75. The van der Waals surface area contributed by atoms with Crippen LogP contribution in [0.5, 0.6) is 17.2 Å². The van der Waals surface area contributed by atoms with Crippen molar-refractivity contribution >= 4 is 38.9 Å². The third-order valence-corrected chi connectivity index (χ3v) is 5.52. The van der Waals surface area contributed by atoms with Gasteiger partial charge in [-0.25, -0.2) is 4.79 Å². The zero-order valence-corrected chi connectivity index (χ0v) is 19.4. The van der Waals surface area contributed by atoms with Crippen molar-refractivity contribution in [2.75, 3.05) is 14.2 Å². The first kappa shape index (κ1) is 22.4. The van der Waals surface area contributed by atoms with E-state index in [1.54, 1.807) is 87.0 Å². The Morgan fingerprint density at radius 1 is 0.970 bits per heavy atom. The van der Waals surface area contributed by atoms with E-state index in [0.29, 0.717) is 32.5 Å². The minimum Gasteiger partial charge on any atom is -0.497 e. The quantitative estimate of drug-likeness (QED) is 0.241. The van der Waals surface area contributed by atoms with Gasteiger partial charge in [0, 0.05) is 11.6 Å². The molecule has 3 aromatic carbocycles. The highest BCUT2D eigenvalue weighted by Gasteiger charge is 2.20. The highest BCUT2D eigenvalue weighted by atomic mass is 79.9.